The standard InChI is InChI=1S/C29H35BrFN7O3/c1-29(2,3)41-28(40)37-11-16-10-19(37)25(16)38-14-20(39)33-24-26(38)18-9-15(7-6-8-32)21(30)22(31)23(18)34-27(24)36-12-17(13-36)35(4)5/h9,16-17,19,25H,6-7,10-14H2,1-5H3,(H,33,39). The van der Waals surface area contributed by atoms with E-state index in [9.17, 15) is 14.9 Å². The van der Waals surface area contributed by atoms with Gasteiger partial charge in [-0.3, -0.25) is 4.79 Å². The molecular formula is C29H35BrFN7O3. The number of aromatic nitrogens is 1. The first-order valence-electron chi connectivity index (χ1n) is 14.1. The summed E-state index contributed by atoms with van der Waals surface area (Å²) in [4.78, 5) is 39.1. The normalized spacial score (nSPS) is 23.7. The molecule has 3 saturated heterocycles. The van der Waals surface area contributed by atoms with E-state index in [-0.39, 0.29) is 48.5 Å². The second kappa shape index (κ2) is 9.98. The van der Waals surface area contributed by atoms with Crippen LogP contribution in [-0.2, 0) is 16.0 Å². The van der Waals surface area contributed by atoms with Gasteiger partial charge in [0.25, 0.3) is 0 Å². The second-order valence-corrected chi connectivity index (χ2v) is 13.6. The third-order valence-corrected chi connectivity index (χ3v) is 9.55. The van der Waals surface area contributed by atoms with Gasteiger partial charge in [0.2, 0.25) is 5.91 Å². The number of rotatable bonds is 5. The molecule has 0 radical (unpaired) electrons. The van der Waals surface area contributed by atoms with E-state index >= 15 is 4.39 Å². The predicted octanol–water partition coefficient (Wildman–Crippen LogP) is 4.11. The van der Waals surface area contributed by atoms with Crippen LogP contribution in [-0.4, -0.2) is 90.8 Å². The Kier molecular flexibility index (Phi) is 6.81. The Balaban J connectivity index is 1.47. The summed E-state index contributed by atoms with van der Waals surface area (Å²) in [6.45, 7) is 7.61. The molecule has 41 heavy (non-hydrogen) atoms. The van der Waals surface area contributed by atoms with Crippen LogP contribution >= 0.6 is 15.9 Å². The molecule has 10 nitrogen and oxygen atoms in total. The number of aryl methyl sites for hydroxylation is 1. The number of nitrogens with zero attached hydrogens (tertiary/aromatic N) is 6. The lowest BCUT2D eigenvalue weighted by Crippen LogP contribution is -2.60. The minimum absolute atomic E-state index is 0.0942. The maximum atomic E-state index is 16.0. The maximum Gasteiger partial charge on any atom is 0.410 e. The highest BCUT2D eigenvalue weighted by Gasteiger charge is 2.58. The second-order valence-electron chi connectivity index (χ2n) is 12.8. The minimum atomic E-state index is -0.611. The highest BCUT2D eigenvalue weighted by Crippen LogP contribution is 2.52. The van der Waals surface area contributed by atoms with Crippen molar-refractivity contribution in [2.45, 2.75) is 63.8 Å². The molecule has 0 spiro atoms. The number of fused-ring (bicyclic) bond motifs is 4. The van der Waals surface area contributed by atoms with Gasteiger partial charge in [-0.15, -0.1) is 0 Å². The van der Waals surface area contributed by atoms with Crippen LogP contribution in [0.3, 0.4) is 0 Å². The Hall–Kier alpha value is -3.17. The fourth-order valence-electron chi connectivity index (χ4n) is 6.58. The van der Waals surface area contributed by atoms with Gasteiger partial charge in [-0.1, -0.05) is 0 Å². The molecule has 1 saturated carbocycles. The van der Waals surface area contributed by atoms with Crippen molar-refractivity contribution in [3.63, 3.8) is 0 Å². The first-order chi connectivity index (χ1) is 19.4. The van der Waals surface area contributed by atoms with E-state index in [1.54, 1.807) is 4.90 Å². The number of hydrogen-bond acceptors (Lipinski definition) is 8. The van der Waals surface area contributed by atoms with Crippen LogP contribution in [0.15, 0.2) is 10.5 Å². The van der Waals surface area contributed by atoms with Crippen LogP contribution in [0.5, 0.6) is 0 Å². The summed E-state index contributed by atoms with van der Waals surface area (Å²) in [5, 5.41) is 12.9. The molecule has 4 aliphatic heterocycles. The monoisotopic (exact) mass is 627 g/mol. The Morgan fingerprint density at radius 3 is 2.71 bits per heavy atom. The van der Waals surface area contributed by atoms with Gasteiger partial charge >= 0.3 is 6.09 Å². The fraction of sp³-hybridized carbons (Fsp3) is 0.586. The molecule has 5 aliphatic rings. The lowest BCUT2D eigenvalue weighted by Gasteiger charge is -2.49. The molecule has 5 heterocycles. The number of carbonyl (C=O) groups is 2. The van der Waals surface area contributed by atoms with Crippen LogP contribution < -0.4 is 15.1 Å². The summed E-state index contributed by atoms with van der Waals surface area (Å²) in [7, 11) is 4.05. The van der Waals surface area contributed by atoms with Crippen molar-refractivity contribution in [2.75, 3.05) is 55.4 Å². The van der Waals surface area contributed by atoms with Crippen molar-refractivity contribution in [2.24, 2.45) is 5.92 Å². The molecule has 12 heteroatoms. The lowest BCUT2D eigenvalue weighted by molar-refractivity contribution is -0.115. The lowest BCUT2D eigenvalue weighted by atomic mass is 9.78. The first-order valence-corrected chi connectivity index (χ1v) is 14.9. The van der Waals surface area contributed by atoms with E-state index in [1.165, 1.54) is 0 Å². The molecule has 1 aromatic heterocycles. The van der Waals surface area contributed by atoms with Gasteiger partial charge in [-0.2, -0.15) is 5.26 Å². The molecule has 7 rings (SSSR count). The molecule has 218 valence electrons. The molecule has 2 amide bonds. The summed E-state index contributed by atoms with van der Waals surface area (Å²) in [5.41, 5.74) is 1.59. The molecular weight excluding hydrogens is 593 g/mol. The number of amides is 2. The average Bonchev–Trinajstić information content (AvgIpc) is 3.44. The number of halogens is 2. The van der Waals surface area contributed by atoms with Gasteiger partial charge in [0.15, 0.2) is 11.6 Å². The van der Waals surface area contributed by atoms with E-state index in [0.29, 0.717) is 59.0 Å². The topological polar surface area (TPSA) is 105 Å². The van der Waals surface area contributed by atoms with Gasteiger partial charge in [-0.25, -0.2) is 14.2 Å². The van der Waals surface area contributed by atoms with Gasteiger partial charge < -0.3 is 29.7 Å². The van der Waals surface area contributed by atoms with Crippen molar-refractivity contribution in [3.05, 3.63) is 21.9 Å². The van der Waals surface area contributed by atoms with Crippen LogP contribution in [0.25, 0.3) is 10.9 Å². The summed E-state index contributed by atoms with van der Waals surface area (Å²) in [6.07, 6.45) is 1.11. The van der Waals surface area contributed by atoms with Gasteiger partial charge in [0, 0.05) is 43.4 Å². The Bertz CT molecular complexity index is 1480. The zero-order valence-electron chi connectivity index (χ0n) is 24.0. The van der Waals surface area contributed by atoms with Gasteiger partial charge in [-0.05, 0) is 75.3 Å². The Labute approximate surface area is 247 Å². The highest BCUT2D eigenvalue weighted by atomic mass is 79.9. The Morgan fingerprint density at radius 2 is 2.05 bits per heavy atom. The zero-order chi connectivity index (χ0) is 29.4. The number of likely N-dealkylation sites (N-methyl/N-ethyl adjacent to an activating group) is 1. The zero-order valence-corrected chi connectivity index (χ0v) is 25.6. The van der Waals surface area contributed by atoms with Crippen molar-refractivity contribution in [3.8, 4) is 6.07 Å². The fourth-order valence-corrected chi connectivity index (χ4v) is 7.08. The van der Waals surface area contributed by atoms with E-state index in [4.69, 9.17) is 9.72 Å². The van der Waals surface area contributed by atoms with E-state index in [2.05, 4.69) is 42.0 Å². The van der Waals surface area contributed by atoms with E-state index in [1.807, 2.05) is 40.9 Å². The quantitative estimate of drug-likeness (QED) is 0.528. The predicted molar refractivity (Wildman–Crippen MR) is 158 cm³/mol. The highest BCUT2D eigenvalue weighted by molar-refractivity contribution is 9.10. The van der Waals surface area contributed by atoms with E-state index < -0.39 is 11.4 Å². The van der Waals surface area contributed by atoms with Crippen molar-refractivity contribution < 1.29 is 18.7 Å². The van der Waals surface area contributed by atoms with Gasteiger partial charge in [0.1, 0.15) is 16.8 Å². The number of benzene rings is 1. The number of hydrogen-bond donors (Lipinski definition) is 1. The molecule has 1 aliphatic carbocycles. The molecule has 2 aromatic rings. The number of anilines is 3. The third kappa shape index (κ3) is 4.67. The molecule has 3 unspecified atom stereocenters. The smallest absolute Gasteiger partial charge is 0.410 e. The number of nitriles is 1. The number of pyridine rings is 1. The number of nitrogens with one attached hydrogen (secondary N) is 1. The molecule has 4 fully saturated rings. The summed E-state index contributed by atoms with van der Waals surface area (Å²) < 4.78 is 22.0. The minimum Gasteiger partial charge on any atom is -0.444 e. The molecule has 1 N–H and O–H groups in total. The van der Waals surface area contributed by atoms with E-state index in [0.717, 1.165) is 12.1 Å². The van der Waals surface area contributed by atoms with Crippen LogP contribution in [0.4, 0.5) is 26.4 Å². The number of carbonyl (C=O) groups excluding carboxylic acids is 2. The summed E-state index contributed by atoms with van der Waals surface area (Å²) in [6, 6.07) is 4.15. The van der Waals surface area contributed by atoms with Crippen LogP contribution in [0.2, 0.25) is 0 Å². The summed E-state index contributed by atoms with van der Waals surface area (Å²) >= 11 is 3.42. The number of ether oxygens (including phenoxy) is 1. The maximum absolute atomic E-state index is 16.0. The molecule has 3 atom stereocenters. The Morgan fingerprint density at radius 1 is 1.32 bits per heavy atom. The molecule has 2 bridgehead atoms. The summed E-state index contributed by atoms with van der Waals surface area (Å²) in [5.74, 6) is 0.0725. The SMILES string of the molecule is CN(C)C1CN(c2nc3c(F)c(Br)c(CCC#N)cc3c3c2NC(=O)CN3C2C3CC2N(C(=O)OC(C)(C)C)C3)C1. The van der Waals surface area contributed by atoms with Crippen LogP contribution in [0.1, 0.15) is 39.2 Å². The van der Waals surface area contributed by atoms with Crippen molar-refractivity contribution in [1.82, 2.24) is 14.8 Å². The van der Waals surface area contributed by atoms with Crippen molar-refractivity contribution in [1.29, 1.82) is 5.26 Å². The first kappa shape index (κ1) is 28.0. The van der Waals surface area contributed by atoms with Crippen LogP contribution in [0, 0.1) is 23.1 Å². The third-order valence-electron chi connectivity index (χ3n) is 8.69. The average molecular weight is 629 g/mol. The molecule has 1 aromatic carbocycles. The van der Waals surface area contributed by atoms with Gasteiger partial charge in [0.05, 0.1) is 34.9 Å². The van der Waals surface area contributed by atoms with Crippen molar-refractivity contribution >= 4 is 56.0 Å². The largest absolute Gasteiger partial charge is 0.444 e.